The van der Waals surface area contributed by atoms with Crippen molar-refractivity contribution >= 4 is 23.2 Å². The lowest BCUT2D eigenvalue weighted by atomic mass is 10.1. The molecule has 0 aliphatic carbocycles. The number of piperazine rings is 1. The molecule has 2 aromatic rings. The molecule has 0 spiro atoms. The van der Waals surface area contributed by atoms with E-state index < -0.39 is 5.82 Å². The molecule has 0 saturated carbocycles. The minimum atomic E-state index is -0.503. The van der Waals surface area contributed by atoms with Crippen LogP contribution < -0.4 is 0 Å². The van der Waals surface area contributed by atoms with Gasteiger partial charge in [0.05, 0.1) is 5.56 Å². The molecule has 1 fully saturated rings. The van der Waals surface area contributed by atoms with Crippen molar-refractivity contribution in [3.8, 4) is 0 Å². The van der Waals surface area contributed by atoms with Gasteiger partial charge in [0, 0.05) is 37.5 Å². The molecular formula is C18H19FN2O2S. The van der Waals surface area contributed by atoms with Gasteiger partial charge in [-0.05, 0) is 30.0 Å². The summed E-state index contributed by atoms with van der Waals surface area (Å²) in [5, 5.41) is 2.01. The van der Waals surface area contributed by atoms with Crippen molar-refractivity contribution in [2.24, 2.45) is 0 Å². The van der Waals surface area contributed by atoms with Gasteiger partial charge in [0.2, 0.25) is 5.91 Å². The van der Waals surface area contributed by atoms with Crippen molar-refractivity contribution < 1.29 is 14.0 Å². The predicted octanol–water partition coefficient (Wildman–Crippen LogP) is 2.80. The largest absolute Gasteiger partial charge is 0.339 e. The smallest absolute Gasteiger partial charge is 0.256 e. The van der Waals surface area contributed by atoms with E-state index in [1.165, 1.54) is 17.0 Å². The molecule has 1 aromatic heterocycles. The van der Waals surface area contributed by atoms with Crippen LogP contribution in [-0.4, -0.2) is 47.8 Å². The topological polar surface area (TPSA) is 40.6 Å². The van der Waals surface area contributed by atoms with E-state index in [0.717, 1.165) is 6.42 Å². The first kappa shape index (κ1) is 16.6. The first-order chi connectivity index (χ1) is 11.6. The number of carbonyl (C=O) groups excluding carboxylic acids is 2. The first-order valence-corrected chi connectivity index (χ1v) is 8.87. The van der Waals surface area contributed by atoms with Crippen molar-refractivity contribution in [1.29, 1.82) is 0 Å². The number of aryl methyl sites for hydroxylation is 1. The highest BCUT2D eigenvalue weighted by Crippen LogP contribution is 2.15. The second-order valence-electron chi connectivity index (χ2n) is 5.73. The van der Waals surface area contributed by atoms with E-state index in [-0.39, 0.29) is 17.4 Å². The number of carbonyl (C=O) groups is 2. The molecule has 1 aliphatic rings. The van der Waals surface area contributed by atoms with Crippen molar-refractivity contribution in [3.63, 3.8) is 0 Å². The Balaban J connectivity index is 1.51. The van der Waals surface area contributed by atoms with Crippen LogP contribution >= 0.6 is 11.3 Å². The van der Waals surface area contributed by atoms with Gasteiger partial charge in [0.1, 0.15) is 5.82 Å². The minimum absolute atomic E-state index is 0.0926. The Labute approximate surface area is 144 Å². The Morgan fingerprint density at radius 2 is 1.71 bits per heavy atom. The first-order valence-electron chi connectivity index (χ1n) is 7.99. The summed E-state index contributed by atoms with van der Waals surface area (Å²) < 4.78 is 13.7. The molecule has 3 rings (SSSR count). The van der Waals surface area contributed by atoms with Gasteiger partial charge in [-0.15, -0.1) is 11.3 Å². The van der Waals surface area contributed by atoms with E-state index in [4.69, 9.17) is 0 Å². The molecule has 0 atom stereocenters. The minimum Gasteiger partial charge on any atom is -0.339 e. The van der Waals surface area contributed by atoms with E-state index in [2.05, 4.69) is 0 Å². The Bertz CT molecular complexity index is 710. The Morgan fingerprint density at radius 3 is 2.38 bits per heavy atom. The van der Waals surface area contributed by atoms with Crippen LogP contribution in [0.25, 0.3) is 0 Å². The second kappa shape index (κ2) is 7.57. The highest BCUT2D eigenvalue weighted by Gasteiger charge is 2.25. The SMILES string of the molecule is O=C(CCc1cccs1)N1CCN(C(=O)c2ccccc2F)CC1. The summed E-state index contributed by atoms with van der Waals surface area (Å²) in [6, 6.07) is 10.0. The zero-order valence-electron chi connectivity index (χ0n) is 13.3. The summed E-state index contributed by atoms with van der Waals surface area (Å²) in [5.41, 5.74) is 0.0926. The summed E-state index contributed by atoms with van der Waals surface area (Å²) in [6.07, 6.45) is 1.24. The number of nitrogens with zero attached hydrogens (tertiary/aromatic N) is 2. The summed E-state index contributed by atoms with van der Waals surface area (Å²) in [5.74, 6) is -0.697. The van der Waals surface area contributed by atoms with Crippen LogP contribution in [0.15, 0.2) is 41.8 Å². The van der Waals surface area contributed by atoms with Crippen LogP contribution in [0.1, 0.15) is 21.7 Å². The molecular weight excluding hydrogens is 327 g/mol. The predicted molar refractivity (Wildman–Crippen MR) is 91.5 cm³/mol. The number of rotatable bonds is 4. The highest BCUT2D eigenvalue weighted by molar-refractivity contribution is 7.09. The zero-order chi connectivity index (χ0) is 16.9. The third kappa shape index (κ3) is 3.82. The maximum Gasteiger partial charge on any atom is 0.256 e. The molecule has 0 unspecified atom stereocenters. The van der Waals surface area contributed by atoms with Crippen LogP contribution in [0.4, 0.5) is 4.39 Å². The van der Waals surface area contributed by atoms with Crippen molar-refractivity contribution in [3.05, 3.63) is 58.0 Å². The van der Waals surface area contributed by atoms with Crippen LogP contribution in [0.3, 0.4) is 0 Å². The third-order valence-corrected chi connectivity index (χ3v) is 5.13. The molecule has 1 saturated heterocycles. The van der Waals surface area contributed by atoms with E-state index >= 15 is 0 Å². The third-order valence-electron chi connectivity index (χ3n) is 4.19. The summed E-state index contributed by atoms with van der Waals surface area (Å²) >= 11 is 1.66. The summed E-state index contributed by atoms with van der Waals surface area (Å²) in [6.45, 7) is 1.89. The van der Waals surface area contributed by atoms with E-state index in [1.807, 2.05) is 17.5 Å². The fraction of sp³-hybridized carbons (Fsp3) is 0.333. The lowest BCUT2D eigenvalue weighted by Gasteiger charge is -2.35. The standard InChI is InChI=1S/C18H19FN2O2S/c19-16-6-2-1-5-15(16)18(23)21-11-9-20(10-12-21)17(22)8-7-14-4-3-13-24-14/h1-6,13H,7-12H2. The molecule has 0 N–H and O–H groups in total. The molecule has 4 nitrogen and oxygen atoms in total. The van der Waals surface area contributed by atoms with Gasteiger partial charge in [0.15, 0.2) is 0 Å². The van der Waals surface area contributed by atoms with E-state index in [9.17, 15) is 14.0 Å². The average molecular weight is 346 g/mol. The van der Waals surface area contributed by atoms with Gasteiger partial charge >= 0.3 is 0 Å². The summed E-state index contributed by atoms with van der Waals surface area (Å²) in [4.78, 5) is 29.2. The molecule has 126 valence electrons. The van der Waals surface area contributed by atoms with Crippen LogP contribution in [0, 0.1) is 5.82 Å². The van der Waals surface area contributed by atoms with Gasteiger partial charge in [-0.2, -0.15) is 0 Å². The highest BCUT2D eigenvalue weighted by atomic mass is 32.1. The Hall–Kier alpha value is -2.21. The van der Waals surface area contributed by atoms with E-state index in [0.29, 0.717) is 32.6 Å². The number of hydrogen-bond acceptors (Lipinski definition) is 3. The van der Waals surface area contributed by atoms with Crippen LogP contribution in [-0.2, 0) is 11.2 Å². The van der Waals surface area contributed by atoms with Crippen molar-refractivity contribution in [2.75, 3.05) is 26.2 Å². The molecule has 6 heteroatoms. The maximum atomic E-state index is 13.7. The maximum absolute atomic E-state index is 13.7. The van der Waals surface area contributed by atoms with Crippen LogP contribution in [0.5, 0.6) is 0 Å². The fourth-order valence-electron chi connectivity index (χ4n) is 2.81. The number of halogens is 1. The molecule has 0 bridgehead atoms. The lowest BCUT2D eigenvalue weighted by Crippen LogP contribution is -2.50. The zero-order valence-corrected chi connectivity index (χ0v) is 14.1. The quantitative estimate of drug-likeness (QED) is 0.854. The molecule has 2 heterocycles. The summed E-state index contributed by atoms with van der Waals surface area (Å²) in [7, 11) is 0. The van der Waals surface area contributed by atoms with Crippen molar-refractivity contribution in [1.82, 2.24) is 9.80 Å². The Morgan fingerprint density at radius 1 is 1.00 bits per heavy atom. The normalized spacial score (nSPS) is 14.7. The number of benzene rings is 1. The van der Waals surface area contributed by atoms with Gasteiger partial charge in [-0.3, -0.25) is 9.59 Å². The monoisotopic (exact) mass is 346 g/mol. The molecule has 1 aromatic carbocycles. The van der Waals surface area contributed by atoms with Gasteiger partial charge in [-0.25, -0.2) is 4.39 Å². The second-order valence-corrected chi connectivity index (χ2v) is 6.76. The fourth-order valence-corrected chi connectivity index (χ4v) is 3.52. The van der Waals surface area contributed by atoms with Gasteiger partial charge in [-0.1, -0.05) is 18.2 Å². The molecule has 0 radical (unpaired) electrons. The van der Waals surface area contributed by atoms with Gasteiger partial charge in [0.25, 0.3) is 5.91 Å². The molecule has 2 amide bonds. The Kier molecular flexibility index (Phi) is 5.25. The van der Waals surface area contributed by atoms with Crippen LogP contribution in [0.2, 0.25) is 0 Å². The number of hydrogen-bond donors (Lipinski definition) is 0. The van der Waals surface area contributed by atoms with Gasteiger partial charge < -0.3 is 9.80 Å². The molecule has 1 aliphatic heterocycles. The average Bonchev–Trinajstić information content (AvgIpc) is 3.13. The number of thiophene rings is 1. The van der Waals surface area contributed by atoms with Crippen molar-refractivity contribution in [2.45, 2.75) is 12.8 Å². The van der Waals surface area contributed by atoms with E-state index in [1.54, 1.807) is 33.3 Å². The lowest BCUT2D eigenvalue weighted by molar-refractivity contribution is -0.132. The number of amides is 2. The molecule has 24 heavy (non-hydrogen) atoms.